The highest BCUT2D eigenvalue weighted by molar-refractivity contribution is 9.10. The molecule has 0 aromatic heterocycles. The minimum atomic E-state index is -3.51. The summed E-state index contributed by atoms with van der Waals surface area (Å²) >= 11 is 15.6. The molecule has 0 aliphatic heterocycles. The summed E-state index contributed by atoms with van der Waals surface area (Å²) in [5, 5.41) is 1.06. The van der Waals surface area contributed by atoms with E-state index in [2.05, 4.69) is 15.9 Å². The van der Waals surface area contributed by atoms with Gasteiger partial charge in [-0.15, -0.1) is 0 Å². The molecule has 0 amide bonds. The Labute approximate surface area is 161 Å². The van der Waals surface area contributed by atoms with Gasteiger partial charge in [-0.3, -0.25) is 4.18 Å². The van der Waals surface area contributed by atoms with Gasteiger partial charge in [0.2, 0.25) is 0 Å². The van der Waals surface area contributed by atoms with Crippen LogP contribution in [0.25, 0.3) is 0 Å². The van der Waals surface area contributed by atoms with Crippen molar-refractivity contribution in [2.24, 2.45) is 0 Å². The second-order valence-electron chi connectivity index (χ2n) is 5.52. The molecule has 7 heteroatoms. The molecule has 0 bridgehead atoms. The van der Waals surface area contributed by atoms with Crippen molar-refractivity contribution in [2.45, 2.75) is 18.8 Å². The number of hydrogen-bond acceptors (Lipinski definition) is 3. The molecule has 0 fully saturated rings. The Morgan fingerprint density at radius 1 is 1.12 bits per heavy atom. The zero-order chi connectivity index (χ0) is 17.7. The predicted molar refractivity (Wildman–Crippen MR) is 102 cm³/mol. The maximum Gasteiger partial charge on any atom is 0.264 e. The maximum absolute atomic E-state index is 11.3. The average Bonchev–Trinajstić information content (AvgIpc) is 2.49. The van der Waals surface area contributed by atoms with Gasteiger partial charge in [0.15, 0.2) is 0 Å². The van der Waals surface area contributed by atoms with Crippen LogP contribution in [-0.2, 0) is 20.7 Å². The summed E-state index contributed by atoms with van der Waals surface area (Å²) in [6.45, 7) is 0.0523. The molecule has 2 aromatic rings. The lowest BCUT2D eigenvalue weighted by Crippen LogP contribution is -2.13. The first-order valence-corrected chi connectivity index (χ1v) is 10.6. The van der Waals surface area contributed by atoms with Crippen molar-refractivity contribution in [1.29, 1.82) is 0 Å². The number of aryl methyl sites for hydroxylation is 1. The molecule has 2 rings (SSSR count). The predicted octanol–water partition coefficient (Wildman–Crippen LogP) is 5.45. The minimum Gasteiger partial charge on any atom is -0.270 e. The molecule has 0 spiro atoms. The van der Waals surface area contributed by atoms with Gasteiger partial charge in [-0.25, -0.2) is 0 Å². The van der Waals surface area contributed by atoms with Crippen LogP contribution in [0.2, 0.25) is 10.0 Å². The van der Waals surface area contributed by atoms with Gasteiger partial charge in [-0.1, -0.05) is 57.3 Å². The molecule has 0 saturated heterocycles. The van der Waals surface area contributed by atoms with Crippen molar-refractivity contribution in [2.75, 3.05) is 12.9 Å². The van der Waals surface area contributed by atoms with Crippen molar-refractivity contribution in [3.05, 3.63) is 68.1 Å². The third-order valence-corrected chi connectivity index (χ3v) is 5.24. The number of benzene rings is 2. The molecule has 1 atom stereocenters. The molecule has 0 radical (unpaired) electrons. The molecule has 0 heterocycles. The highest BCUT2D eigenvalue weighted by atomic mass is 79.9. The minimum absolute atomic E-state index is 0.0523. The van der Waals surface area contributed by atoms with Gasteiger partial charge in [0, 0.05) is 20.4 Å². The smallest absolute Gasteiger partial charge is 0.264 e. The van der Waals surface area contributed by atoms with Crippen molar-refractivity contribution in [3.8, 4) is 0 Å². The monoisotopic (exact) mass is 450 g/mol. The fourth-order valence-electron chi connectivity index (χ4n) is 2.36. The SMILES string of the molecule is CS(=O)(=O)OC[C@H](CCc1ccc(Br)cc1)c1ccc(Cl)cc1Cl. The van der Waals surface area contributed by atoms with Gasteiger partial charge in [-0.2, -0.15) is 8.42 Å². The van der Waals surface area contributed by atoms with Crippen LogP contribution in [0.5, 0.6) is 0 Å². The van der Waals surface area contributed by atoms with Crippen LogP contribution >= 0.6 is 39.1 Å². The van der Waals surface area contributed by atoms with Crippen LogP contribution in [0.1, 0.15) is 23.5 Å². The molecular weight excluding hydrogens is 435 g/mol. The van der Waals surface area contributed by atoms with E-state index in [1.165, 1.54) is 0 Å². The highest BCUT2D eigenvalue weighted by Gasteiger charge is 2.18. The largest absolute Gasteiger partial charge is 0.270 e. The molecule has 24 heavy (non-hydrogen) atoms. The van der Waals surface area contributed by atoms with Crippen LogP contribution in [-0.4, -0.2) is 21.3 Å². The van der Waals surface area contributed by atoms with Crippen molar-refractivity contribution < 1.29 is 12.6 Å². The van der Waals surface area contributed by atoms with Gasteiger partial charge >= 0.3 is 0 Å². The van der Waals surface area contributed by atoms with Gasteiger partial charge in [-0.05, 0) is 48.2 Å². The van der Waals surface area contributed by atoms with Gasteiger partial charge in [0.05, 0.1) is 12.9 Å². The first kappa shape index (κ1) is 19.7. The average molecular weight is 452 g/mol. The van der Waals surface area contributed by atoms with Crippen LogP contribution in [0.4, 0.5) is 0 Å². The molecule has 0 saturated carbocycles. The number of hydrogen-bond donors (Lipinski definition) is 0. The standard InChI is InChI=1S/C17H17BrCl2O3S/c1-24(21,22)23-11-13(16-9-8-15(19)10-17(16)20)5-2-12-3-6-14(18)7-4-12/h3-4,6-10,13H,2,5,11H2,1H3/t13-/m0/s1. The van der Waals surface area contributed by atoms with Crippen molar-refractivity contribution >= 4 is 49.2 Å². The van der Waals surface area contributed by atoms with E-state index >= 15 is 0 Å². The summed E-state index contributed by atoms with van der Waals surface area (Å²) < 4.78 is 28.7. The molecule has 130 valence electrons. The lowest BCUT2D eigenvalue weighted by atomic mass is 9.93. The second kappa shape index (κ2) is 8.68. The Kier molecular flexibility index (Phi) is 7.13. The molecular formula is C17H17BrCl2O3S. The Bertz CT molecular complexity index is 792. The molecule has 0 aliphatic carbocycles. The molecule has 0 aliphatic rings. The van der Waals surface area contributed by atoms with Crippen LogP contribution in [0.15, 0.2) is 46.9 Å². The van der Waals surface area contributed by atoms with Crippen LogP contribution in [0, 0.1) is 0 Å². The zero-order valence-corrected chi connectivity index (χ0v) is 16.9. The van der Waals surface area contributed by atoms with E-state index in [-0.39, 0.29) is 12.5 Å². The summed E-state index contributed by atoms with van der Waals surface area (Å²) in [7, 11) is -3.51. The Morgan fingerprint density at radius 2 is 1.79 bits per heavy atom. The maximum atomic E-state index is 11.3. The first-order chi connectivity index (χ1) is 11.2. The second-order valence-corrected chi connectivity index (χ2v) is 8.92. The summed E-state index contributed by atoms with van der Waals surface area (Å²) in [6.07, 6.45) is 2.53. The fourth-order valence-corrected chi connectivity index (χ4v) is 3.60. The van der Waals surface area contributed by atoms with Crippen molar-refractivity contribution in [1.82, 2.24) is 0 Å². The normalized spacial score (nSPS) is 13.0. The van der Waals surface area contributed by atoms with E-state index in [0.717, 1.165) is 28.3 Å². The van der Waals surface area contributed by atoms with Crippen LogP contribution < -0.4 is 0 Å². The summed E-state index contributed by atoms with van der Waals surface area (Å²) in [4.78, 5) is 0. The van der Waals surface area contributed by atoms with E-state index in [0.29, 0.717) is 16.5 Å². The van der Waals surface area contributed by atoms with Gasteiger partial charge < -0.3 is 0 Å². The van der Waals surface area contributed by atoms with E-state index < -0.39 is 10.1 Å². The molecule has 0 unspecified atom stereocenters. The van der Waals surface area contributed by atoms with E-state index in [1.807, 2.05) is 30.3 Å². The zero-order valence-electron chi connectivity index (χ0n) is 13.0. The molecule has 3 nitrogen and oxygen atoms in total. The van der Waals surface area contributed by atoms with E-state index in [1.54, 1.807) is 12.1 Å². The first-order valence-electron chi connectivity index (χ1n) is 7.28. The number of rotatable bonds is 7. The Hall–Kier alpha value is -0.590. The summed E-state index contributed by atoms with van der Waals surface area (Å²) in [6, 6.07) is 13.2. The third kappa shape index (κ3) is 6.37. The highest BCUT2D eigenvalue weighted by Crippen LogP contribution is 2.31. The van der Waals surface area contributed by atoms with Crippen molar-refractivity contribution in [3.63, 3.8) is 0 Å². The lowest BCUT2D eigenvalue weighted by Gasteiger charge is -2.18. The topological polar surface area (TPSA) is 43.4 Å². The lowest BCUT2D eigenvalue weighted by molar-refractivity contribution is 0.288. The van der Waals surface area contributed by atoms with E-state index in [9.17, 15) is 8.42 Å². The van der Waals surface area contributed by atoms with E-state index in [4.69, 9.17) is 27.4 Å². The molecule has 2 aromatic carbocycles. The summed E-state index contributed by atoms with van der Waals surface area (Å²) in [5.41, 5.74) is 1.99. The van der Waals surface area contributed by atoms with Crippen LogP contribution in [0.3, 0.4) is 0 Å². The number of halogens is 3. The Morgan fingerprint density at radius 3 is 2.38 bits per heavy atom. The third-order valence-electron chi connectivity index (χ3n) is 3.58. The fraction of sp³-hybridized carbons (Fsp3) is 0.294. The Balaban J connectivity index is 2.17. The summed E-state index contributed by atoms with van der Waals surface area (Å²) in [5.74, 6) is -0.145. The van der Waals surface area contributed by atoms with Gasteiger partial charge in [0.25, 0.3) is 10.1 Å². The van der Waals surface area contributed by atoms with Gasteiger partial charge in [0.1, 0.15) is 0 Å². The molecule has 0 N–H and O–H groups in total. The quantitative estimate of drug-likeness (QED) is 0.525.